The van der Waals surface area contributed by atoms with Crippen molar-refractivity contribution in [1.29, 1.82) is 0 Å². The van der Waals surface area contributed by atoms with E-state index in [2.05, 4.69) is 10.4 Å². The number of benzene rings is 2. The summed E-state index contributed by atoms with van der Waals surface area (Å²) in [5.41, 5.74) is 2.75. The maximum Gasteiger partial charge on any atom is 0.271 e. The number of nitrogens with one attached hydrogen (secondary N) is 1. The summed E-state index contributed by atoms with van der Waals surface area (Å²) < 4.78 is 20.0. The fraction of sp³-hybridized carbons (Fsp3) is 0.190. The molecule has 0 bridgehead atoms. The largest absolute Gasteiger partial charge is 0.463 e. The van der Waals surface area contributed by atoms with E-state index in [1.54, 1.807) is 19.1 Å². The molecule has 0 radical (unpaired) electrons. The third kappa shape index (κ3) is 4.43. The second-order valence-corrected chi connectivity index (χ2v) is 6.45. The van der Waals surface area contributed by atoms with Crippen LogP contribution >= 0.6 is 0 Å². The first kappa shape index (κ1) is 19.3. The maximum atomic E-state index is 13.2. The Labute approximate surface area is 161 Å². The van der Waals surface area contributed by atoms with Crippen molar-refractivity contribution in [2.45, 2.75) is 26.9 Å². The van der Waals surface area contributed by atoms with Crippen molar-refractivity contribution >= 4 is 11.6 Å². The highest BCUT2D eigenvalue weighted by Gasteiger charge is 2.16. The van der Waals surface area contributed by atoms with E-state index < -0.39 is 17.8 Å². The molecule has 1 amide bonds. The van der Waals surface area contributed by atoms with Gasteiger partial charge >= 0.3 is 0 Å². The Hall–Kier alpha value is -3.48. The van der Waals surface area contributed by atoms with Gasteiger partial charge in [0.2, 0.25) is 5.88 Å². The predicted octanol–water partition coefficient (Wildman–Crippen LogP) is 3.39. The summed E-state index contributed by atoms with van der Waals surface area (Å²) in [5.74, 6) is -0.787. The Morgan fingerprint density at radius 1 is 1.11 bits per heavy atom. The molecule has 3 aromatic rings. The fourth-order valence-corrected chi connectivity index (χ4v) is 2.54. The van der Waals surface area contributed by atoms with Crippen LogP contribution in [0.1, 0.15) is 18.1 Å². The fourth-order valence-electron chi connectivity index (χ4n) is 2.54. The lowest BCUT2D eigenvalue weighted by atomic mass is 10.1. The molecule has 1 N–H and O–H groups in total. The van der Waals surface area contributed by atoms with Gasteiger partial charge in [-0.3, -0.25) is 9.59 Å². The van der Waals surface area contributed by atoms with Crippen LogP contribution in [0.15, 0.2) is 59.4 Å². The molecule has 6 nitrogen and oxygen atoms in total. The van der Waals surface area contributed by atoms with Crippen molar-refractivity contribution in [3.05, 3.63) is 81.9 Å². The Bertz CT molecular complexity index is 1080. The number of ether oxygens (including phenoxy) is 1. The number of carbonyl (C=O) groups is 1. The normalized spacial score (nSPS) is 11.7. The average molecular weight is 381 g/mol. The first-order valence-electron chi connectivity index (χ1n) is 8.74. The minimum absolute atomic E-state index is 0.125. The average Bonchev–Trinajstić information content (AvgIpc) is 2.65. The van der Waals surface area contributed by atoms with Crippen LogP contribution in [0.3, 0.4) is 0 Å². The minimum Gasteiger partial charge on any atom is -0.463 e. The maximum absolute atomic E-state index is 13.2. The van der Waals surface area contributed by atoms with Crippen LogP contribution in [-0.4, -0.2) is 21.8 Å². The van der Waals surface area contributed by atoms with Gasteiger partial charge in [-0.25, -0.2) is 4.39 Å². The molecule has 1 atom stereocenters. The van der Waals surface area contributed by atoms with Gasteiger partial charge in [-0.05, 0) is 62.2 Å². The summed E-state index contributed by atoms with van der Waals surface area (Å²) in [6.45, 7) is 5.47. The standard InChI is InChI=1S/C21H20FN3O3/c1-13-7-8-18(11-14(13)2)25-20(26)10-9-19(24-25)28-15(3)21(27)23-17-6-4-5-16(22)12-17/h4-12,15H,1-3H3,(H,23,27)/t15-/m1/s1. The molecule has 1 heterocycles. The van der Waals surface area contributed by atoms with Crippen molar-refractivity contribution in [1.82, 2.24) is 9.78 Å². The van der Waals surface area contributed by atoms with Gasteiger partial charge in [0, 0.05) is 17.8 Å². The smallest absolute Gasteiger partial charge is 0.271 e. The van der Waals surface area contributed by atoms with Gasteiger partial charge in [-0.1, -0.05) is 12.1 Å². The van der Waals surface area contributed by atoms with Gasteiger partial charge in [0.1, 0.15) is 5.82 Å². The number of hydrogen-bond acceptors (Lipinski definition) is 4. The summed E-state index contributed by atoms with van der Waals surface area (Å²) >= 11 is 0. The summed E-state index contributed by atoms with van der Waals surface area (Å²) in [7, 11) is 0. The van der Waals surface area contributed by atoms with Crippen molar-refractivity contribution in [2.75, 3.05) is 5.32 Å². The predicted molar refractivity (Wildman–Crippen MR) is 104 cm³/mol. The van der Waals surface area contributed by atoms with Gasteiger partial charge in [0.25, 0.3) is 11.5 Å². The number of carbonyl (C=O) groups excluding carboxylic acids is 1. The summed E-state index contributed by atoms with van der Waals surface area (Å²) in [6.07, 6.45) is -0.901. The van der Waals surface area contributed by atoms with Gasteiger partial charge in [-0.2, -0.15) is 4.68 Å². The van der Waals surface area contributed by atoms with E-state index in [9.17, 15) is 14.0 Å². The van der Waals surface area contributed by atoms with Gasteiger partial charge in [0.05, 0.1) is 5.69 Å². The molecule has 0 aliphatic rings. The molecule has 0 aliphatic carbocycles. The highest BCUT2D eigenvalue weighted by atomic mass is 19.1. The lowest BCUT2D eigenvalue weighted by Gasteiger charge is -2.15. The minimum atomic E-state index is -0.901. The Kier molecular flexibility index (Phi) is 5.54. The molecule has 7 heteroatoms. The molecule has 144 valence electrons. The van der Waals surface area contributed by atoms with Crippen LogP contribution in [0, 0.1) is 19.7 Å². The molecule has 2 aromatic carbocycles. The number of aromatic nitrogens is 2. The molecule has 1 aromatic heterocycles. The highest BCUT2D eigenvalue weighted by Crippen LogP contribution is 2.15. The second-order valence-electron chi connectivity index (χ2n) is 6.45. The molecule has 0 saturated heterocycles. The number of halogens is 1. The van der Waals surface area contributed by atoms with Crippen LogP contribution in [0.4, 0.5) is 10.1 Å². The van der Waals surface area contributed by atoms with E-state index in [0.29, 0.717) is 11.4 Å². The Balaban J connectivity index is 1.77. The van der Waals surface area contributed by atoms with Crippen molar-refractivity contribution < 1.29 is 13.9 Å². The van der Waals surface area contributed by atoms with Crippen molar-refractivity contribution in [3.8, 4) is 11.6 Å². The molecule has 0 unspecified atom stereocenters. The molecule has 0 fully saturated rings. The van der Waals surface area contributed by atoms with Crippen LogP contribution in [0.25, 0.3) is 5.69 Å². The molecular formula is C21H20FN3O3. The number of rotatable bonds is 5. The third-order valence-electron chi connectivity index (χ3n) is 4.27. The number of anilines is 1. The lowest BCUT2D eigenvalue weighted by Crippen LogP contribution is -2.31. The zero-order valence-electron chi connectivity index (χ0n) is 15.8. The van der Waals surface area contributed by atoms with Crippen molar-refractivity contribution in [2.24, 2.45) is 0 Å². The Morgan fingerprint density at radius 2 is 1.89 bits per heavy atom. The van der Waals surface area contributed by atoms with E-state index in [1.807, 2.05) is 26.0 Å². The third-order valence-corrected chi connectivity index (χ3v) is 4.27. The monoisotopic (exact) mass is 381 g/mol. The highest BCUT2D eigenvalue weighted by molar-refractivity contribution is 5.94. The summed E-state index contributed by atoms with van der Waals surface area (Å²) in [5, 5.41) is 6.77. The molecular weight excluding hydrogens is 361 g/mol. The molecule has 3 rings (SSSR count). The summed E-state index contributed by atoms with van der Waals surface area (Å²) in [6, 6.07) is 13.9. The zero-order valence-corrected chi connectivity index (χ0v) is 15.8. The van der Waals surface area contributed by atoms with E-state index in [1.165, 1.54) is 35.0 Å². The Morgan fingerprint density at radius 3 is 2.61 bits per heavy atom. The first-order chi connectivity index (χ1) is 13.3. The van der Waals surface area contributed by atoms with E-state index in [0.717, 1.165) is 11.1 Å². The first-order valence-corrected chi connectivity index (χ1v) is 8.74. The number of nitrogens with zero attached hydrogens (tertiary/aromatic N) is 2. The molecule has 0 spiro atoms. The van der Waals surface area contributed by atoms with Gasteiger partial charge in [-0.15, -0.1) is 5.10 Å². The van der Waals surface area contributed by atoms with E-state index >= 15 is 0 Å². The quantitative estimate of drug-likeness (QED) is 0.735. The second kappa shape index (κ2) is 8.04. The molecule has 0 aliphatic heterocycles. The van der Waals surface area contributed by atoms with E-state index in [4.69, 9.17) is 4.74 Å². The SMILES string of the molecule is Cc1ccc(-n2nc(O[C@H](C)C(=O)Nc3cccc(F)c3)ccc2=O)cc1C. The topological polar surface area (TPSA) is 73.2 Å². The summed E-state index contributed by atoms with van der Waals surface area (Å²) in [4.78, 5) is 24.5. The molecule has 28 heavy (non-hydrogen) atoms. The zero-order chi connectivity index (χ0) is 20.3. The van der Waals surface area contributed by atoms with Gasteiger partial charge in [0.15, 0.2) is 6.10 Å². The lowest BCUT2D eigenvalue weighted by molar-refractivity contribution is -0.122. The number of amides is 1. The van der Waals surface area contributed by atoms with Crippen LogP contribution in [0.2, 0.25) is 0 Å². The van der Waals surface area contributed by atoms with Gasteiger partial charge < -0.3 is 10.1 Å². The number of hydrogen-bond donors (Lipinski definition) is 1. The van der Waals surface area contributed by atoms with Crippen LogP contribution in [-0.2, 0) is 4.79 Å². The van der Waals surface area contributed by atoms with Crippen molar-refractivity contribution in [3.63, 3.8) is 0 Å². The van der Waals surface area contributed by atoms with Crippen LogP contribution < -0.4 is 15.6 Å². The number of aryl methyl sites for hydroxylation is 2. The van der Waals surface area contributed by atoms with Crippen LogP contribution in [0.5, 0.6) is 5.88 Å². The van der Waals surface area contributed by atoms with E-state index in [-0.39, 0.29) is 11.4 Å². The molecule has 0 saturated carbocycles.